The van der Waals surface area contributed by atoms with Crippen molar-refractivity contribution in [2.45, 2.75) is 39.1 Å². The third-order valence-corrected chi connectivity index (χ3v) is 7.85. The molecule has 2 heterocycles. The molecule has 2 aromatic heterocycles. The number of thiazole rings is 1. The molecule has 0 saturated heterocycles. The number of pyridine rings is 1. The van der Waals surface area contributed by atoms with E-state index in [9.17, 15) is 18.0 Å². The van der Waals surface area contributed by atoms with Crippen molar-refractivity contribution >= 4 is 38.1 Å². The number of rotatable bonds is 8. The van der Waals surface area contributed by atoms with Gasteiger partial charge in [-0.25, -0.2) is 13.4 Å². The number of hydrogen-bond donors (Lipinski definition) is 0. The molecule has 0 aliphatic rings. The second-order valence-electron chi connectivity index (χ2n) is 7.24. The molecule has 3 aromatic rings. The number of benzene rings is 1. The van der Waals surface area contributed by atoms with Gasteiger partial charge in [-0.05, 0) is 30.7 Å². The van der Waals surface area contributed by atoms with Crippen LogP contribution in [0.3, 0.4) is 0 Å². The molecule has 10 heteroatoms. The van der Waals surface area contributed by atoms with E-state index >= 15 is 0 Å². The van der Waals surface area contributed by atoms with Crippen LogP contribution in [-0.4, -0.2) is 41.3 Å². The van der Waals surface area contributed by atoms with Gasteiger partial charge < -0.3 is 4.57 Å². The Morgan fingerprint density at radius 3 is 2.50 bits per heavy atom. The molecule has 0 spiro atoms. The Morgan fingerprint density at radius 1 is 1.16 bits per heavy atom. The highest BCUT2D eigenvalue weighted by Crippen LogP contribution is 2.29. The fraction of sp³-hybridized carbons (Fsp3) is 0.318. The van der Waals surface area contributed by atoms with E-state index in [1.54, 1.807) is 19.2 Å². The number of anilines is 2. The summed E-state index contributed by atoms with van der Waals surface area (Å²) in [6, 6.07) is 10.1. The molecule has 3 rings (SSSR count). The summed E-state index contributed by atoms with van der Waals surface area (Å²) in [6.07, 6.45) is 1.35. The first-order valence-electron chi connectivity index (χ1n) is 10.2. The lowest BCUT2D eigenvalue weighted by molar-refractivity contribution is -0.115. The van der Waals surface area contributed by atoms with Crippen molar-refractivity contribution in [1.82, 2.24) is 13.9 Å². The summed E-state index contributed by atoms with van der Waals surface area (Å²) in [5.74, 6) is -0.180. The molecule has 8 nitrogen and oxygen atoms in total. The zero-order valence-corrected chi connectivity index (χ0v) is 20.1. The zero-order chi connectivity index (χ0) is 23.5. The molecular weight excluding hydrogens is 448 g/mol. The van der Waals surface area contributed by atoms with Crippen LogP contribution in [0.1, 0.15) is 32.0 Å². The minimum atomic E-state index is -3.69. The van der Waals surface area contributed by atoms with Crippen molar-refractivity contribution in [3.8, 4) is 0 Å². The molecular formula is C22H26N4O4S2. The summed E-state index contributed by atoms with van der Waals surface area (Å²) < 4.78 is 28.3. The maximum atomic E-state index is 12.8. The van der Waals surface area contributed by atoms with Gasteiger partial charge in [0.05, 0.1) is 22.8 Å². The van der Waals surface area contributed by atoms with Gasteiger partial charge in [0.25, 0.3) is 5.56 Å². The summed E-state index contributed by atoms with van der Waals surface area (Å²) in [5.41, 5.74) is 1.95. The monoisotopic (exact) mass is 474 g/mol. The first-order valence-corrected chi connectivity index (χ1v) is 12.5. The second-order valence-corrected chi connectivity index (χ2v) is 10.0. The van der Waals surface area contributed by atoms with Crippen LogP contribution < -0.4 is 10.5 Å². The van der Waals surface area contributed by atoms with Crippen molar-refractivity contribution < 1.29 is 13.2 Å². The van der Waals surface area contributed by atoms with Crippen LogP contribution in [0.25, 0.3) is 0 Å². The van der Waals surface area contributed by atoms with E-state index in [4.69, 9.17) is 0 Å². The van der Waals surface area contributed by atoms with Gasteiger partial charge in [-0.2, -0.15) is 4.31 Å². The molecule has 0 atom stereocenters. The molecule has 0 unspecified atom stereocenters. The van der Waals surface area contributed by atoms with Crippen LogP contribution in [0.5, 0.6) is 0 Å². The Kier molecular flexibility index (Phi) is 7.27. The predicted octanol–water partition coefficient (Wildman–Crippen LogP) is 3.38. The van der Waals surface area contributed by atoms with E-state index in [1.807, 2.05) is 31.2 Å². The molecule has 0 bridgehead atoms. The van der Waals surface area contributed by atoms with Crippen LogP contribution in [0.4, 0.5) is 10.8 Å². The second kappa shape index (κ2) is 9.76. The number of hydrogen-bond acceptors (Lipinski definition) is 6. The molecule has 0 fully saturated rings. The molecule has 0 aliphatic carbocycles. The topological polar surface area (TPSA) is 92.6 Å². The van der Waals surface area contributed by atoms with Crippen molar-refractivity contribution in [3.05, 3.63) is 69.6 Å². The molecule has 1 amide bonds. The molecule has 0 saturated carbocycles. The third kappa shape index (κ3) is 4.98. The Hall–Kier alpha value is -2.82. The van der Waals surface area contributed by atoms with E-state index in [0.29, 0.717) is 29.6 Å². The average Bonchev–Trinajstić information content (AvgIpc) is 3.18. The summed E-state index contributed by atoms with van der Waals surface area (Å²) in [4.78, 5) is 30.8. The Bertz CT molecular complexity index is 1280. The number of nitrogens with zero attached hydrogens (tertiary/aromatic N) is 4. The highest BCUT2D eigenvalue weighted by Gasteiger charge is 2.23. The van der Waals surface area contributed by atoms with Crippen molar-refractivity contribution in [2.24, 2.45) is 0 Å². The van der Waals surface area contributed by atoms with Gasteiger partial charge in [-0.1, -0.05) is 26.0 Å². The summed E-state index contributed by atoms with van der Waals surface area (Å²) in [7, 11) is -3.69. The lowest BCUT2D eigenvalue weighted by atomic mass is 10.2. The molecule has 0 aliphatic heterocycles. The van der Waals surface area contributed by atoms with Gasteiger partial charge in [-0.3, -0.25) is 14.5 Å². The fourth-order valence-electron chi connectivity index (χ4n) is 3.34. The standard InChI is InChI=1S/C22H26N4O4S2/c1-5-25(6-2)32(29,30)20-10-11-21(28)24(14-20)13-18-15-31-22(23-18)26(17(4)27)19-9-7-8-16(3)12-19/h7-12,14-15H,5-6,13H2,1-4H3. The lowest BCUT2D eigenvalue weighted by Crippen LogP contribution is -2.32. The largest absolute Gasteiger partial charge is 0.308 e. The van der Waals surface area contributed by atoms with Gasteiger partial charge in [0, 0.05) is 37.7 Å². The van der Waals surface area contributed by atoms with Gasteiger partial charge in [0.1, 0.15) is 0 Å². The fourth-order valence-corrected chi connectivity index (χ4v) is 5.69. The third-order valence-electron chi connectivity index (χ3n) is 4.94. The maximum absolute atomic E-state index is 12.8. The van der Waals surface area contributed by atoms with Crippen LogP contribution >= 0.6 is 11.3 Å². The summed E-state index contributed by atoms with van der Waals surface area (Å²) >= 11 is 1.29. The molecule has 0 N–H and O–H groups in total. The predicted molar refractivity (Wildman–Crippen MR) is 126 cm³/mol. The summed E-state index contributed by atoms with van der Waals surface area (Å²) in [6.45, 7) is 7.72. The number of carbonyl (C=O) groups is 1. The molecule has 32 heavy (non-hydrogen) atoms. The van der Waals surface area contributed by atoms with E-state index in [2.05, 4.69) is 4.98 Å². The first-order chi connectivity index (χ1) is 15.2. The van der Waals surface area contributed by atoms with Crippen LogP contribution in [0.2, 0.25) is 0 Å². The normalized spacial score (nSPS) is 11.7. The number of aromatic nitrogens is 2. The van der Waals surface area contributed by atoms with Gasteiger partial charge in [0.15, 0.2) is 5.13 Å². The highest BCUT2D eigenvalue weighted by molar-refractivity contribution is 7.89. The van der Waals surface area contributed by atoms with Crippen molar-refractivity contribution in [3.63, 3.8) is 0 Å². The zero-order valence-electron chi connectivity index (χ0n) is 18.5. The van der Waals surface area contributed by atoms with Gasteiger partial charge >= 0.3 is 0 Å². The van der Waals surface area contributed by atoms with Crippen molar-refractivity contribution in [1.29, 1.82) is 0 Å². The van der Waals surface area contributed by atoms with Crippen molar-refractivity contribution in [2.75, 3.05) is 18.0 Å². The van der Waals surface area contributed by atoms with E-state index in [-0.39, 0.29) is 22.9 Å². The average molecular weight is 475 g/mol. The maximum Gasteiger partial charge on any atom is 0.250 e. The quantitative estimate of drug-likeness (QED) is 0.499. The lowest BCUT2D eigenvalue weighted by Gasteiger charge is -2.19. The van der Waals surface area contributed by atoms with Gasteiger partial charge in [-0.15, -0.1) is 11.3 Å². The highest BCUT2D eigenvalue weighted by atomic mass is 32.2. The molecule has 170 valence electrons. The smallest absolute Gasteiger partial charge is 0.250 e. The number of aryl methyl sites for hydroxylation is 1. The molecule has 0 radical (unpaired) electrons. The number of amides is 1. The summed E-state index contributed by atoms with van der Waals surface area (Å²) in [5, 5.41) is 2.25. The van der Waals surface area contributed by atoms with E-state index in [0.717, 1.165) is 5.56 Å². The minimum Gasteiger partial charge on any atom is -0.308 e. The van der Waals surface area contributed by atoms with Gasteiger partial charge in [0.2, 0.25) is 15.9 Å². The minimum absolute atomic E-state index is 0.0568. The van der Waals surface area contributed by atoms with E-state index < -0.39 is 10.0 Å². The van der Waals surface area contributed by atoms with Crippen LogP contribution in [0.15, 0.2) is 57.7 Å². The SMILES string of the molecule is CCN(CC)S(=O)(=O)c1ccc(=O)n(Cc2csc(N(C(C)=O)c3cccc(C)c3)n2)c1. The Morgan fingerprint density at radius 2 is 1.88 bits per heavy atom. The number of carbonyl (C=O) groups excluding carboxylic acids is 1. The Labute approximate surface area is 191 Å². The van der Waals surface area contributed by atoms with E-state index in [1.165, 1.54) is 50.4 Å². The number of sulfonamides is 1. The Balaban J connectivity index is 1.93. The van der Waals surface area contributed by atoms with Crippen LogP contribution in [-0.2, 0) is 21.4 Å². The molecule has 1 aromatic carbocycles. The van der Waals surface area contributed by atoms with Crippen LogP contribution in [0, 0.1) is 6.92 Å². The first kappa shape index (κ1) is 23.8.